The van der Waals surface area contributed by atoms with Gasteiger partial charge < -0.3 is 10.1 Å². The average Bonchev–Trinajstić information content (AvgIpc) is 2.28. The van der Waals surface area contributed by atoms with Crippen LogP contribution in [0.1, 0.15) is 46.5 Å². The predicted molar refractivity (Wildman–Crippen MR) is 65.9 cm³/mol. The number of hydrogen-bond donors (Lipinski definition) is 1. The molecule has 0 rings (SSSR count). The number of methoxy groups -OCH3 is 1. The summed E-state index contributed by atoms with van der Waals surface area (Å²) in [7, 11) is 1.78. The van der Waals surface area contributed by atoms with Crippen molar-refractivity contribution in [1.82, 2.24) is 5.32 Å². The Hall–Kier alpha value is -0.520. The molecule has 88 valence electrons. The summed E-state index contributed by atoms with van der Waals surface area (Å²) < 4.78 is 5.69. The van der Waals surface area contributed by atoms with Gasteiger partial charge in [0.05, 0.1) is 5.60 Å². The van der Waals surface area contributed by atoms with E-state index in [4.69, 9.17) is 11.2 Å². The standard InChI is InChI=1S/C13H25NO/c1-6-10-12(14-11-7-2)13(8-3,9-4)15-5/h1,12,14H,7-11H2,2-5H3. The summed E-state index contributed by atoms with van der Waals surface area (Å²) >= 11 is 0. The van der Waals surface area contributed by atoms with Crippen LogP contribution in [0, 0.1) is 12.3 Å². The molecule has 1 unspecified atom stereocenters. The van der Waals surface area contributed by atoms with Crippen LogP contribution in [0.2, 0.25) is 0 Å². The van der Waals surface area contributed by atoms with Crippen LogP contribution >= 0.6 is 0 Å². The quantitative estimate of drug-likeness (QED) is 0.623. The van der Waals surface area contributed by atoms with Crippen LogP contribution in [0.3, 0.4) is 0 Å². The van der Waals surface area contributed by atoms with E-state index in [0.717, 1.165) is 32.2 Å². The normalized spacial score (nSPS) is 13.5. The number of terminal acetylenes is 1. The van der Waals surface area contributed by atoms with Crippen molar-refractivity contribution < 1.29 is 4.74 Å². The lowest BCUT2D eigenvalue weighted by atomic mass is 9.86. The summed E-state index contributed by atoms with van der Waals surface area (Å²) in [5, 5.41) is 3.50. The summed E-state index contributed by atoms with van der Waals surface area (Å²) in [6.45, 7) is 7.47. The highest BCUT2D eigenvalue weighted by molar-refractivity contribution is 4.99. The molecular weight excluding hydrogens is 186 g/mol. The number of hydrogen-bond acceptors (Lipinski definition) is 2. The maximum Gasteiger partial charge on any atom is 0.0835 e. The van der Waals surface area contributed by atoms with E-state index in [9.17, 15) is 0 Å². The Morgan fingerprint density at radius 2 is 1.93 bits per heavy atom. The van der Waals surface area contributed by atoms with Crippen molar-refractivity contribution in [2.24, 2.45) is 0 Å². The Kier molecular flexibility index (Phi) is 7.46. The van der Waals surface area contributed by atoms with Gasteiger partial charge in [-0.15, -0.1) is 12.3 Å². The van der Waals surface area contributed by atoms with E-state index < -0.39 is 0 Å². The zero-order valence-electron chi connectivity index (χ0n) is 10.6. The lowest BCUT2D eigenvalue weighted by molar-refractivity contribution is -0.0459. The fourth-order valence-corrected chi connectivity index (χ4v) is 2.05. The number of rotatable bonds is 8. The molecule has 0 amide bonds. The van der Waals surface area contributed by atoms with E-state index in [1.54, 1.807) is 7.11 Å². The fraction of sp³-hybridized carbons (Fsp3) is 0.846. The van der Waals surface area contributed by atoms with Crippen molar-refractivity contribution in [1.29, 1.82) is 0 Å². The van der Waals surface area contributed by atoms with Gasteiger partial charge in [0, 0.05) is 19.6 Å². The summed E-state index contributed by atoms with van der Waals surface area (Å²) in [6.07, 6.45) is 9.25. The van der Waals surface area contributed by atoms with E-state index in [2.05, 4.69) is 32.0 Å². The molecule has 0 aliphatic rings. The zero-order chi connectivity index (χ0) is 11.7. The topological polar surface area (TPSA) is 21.3 Å². The van der Waals surface area contributed by atoms with Gasteiger partial charge >= 0.3 is 0 Å². The molecule has 0 aromatic heterocycles. The minimum absolute atomic E-state index is 0.110. The Balaban J connectivity index is 4.59. The third-order valence-electron chi connectivity index (χ3n) is 3.20. The van der Waals surface area contributed by atoms with E-state index in [1.165, 1.54) is 0 Å². The molecule has 1 N–H and O–H groups in total. The molecule has 2 heteroatoms. The second-order valence-electron chi connectivity index (χ2n) is 3.89. The molecule has 0 aromatic rings. The minimum atomic E-state index is -0.110. The summed E-state index contributed by atoms with van der Waals surface area (Å²) in [4.78, 5) is 0. The molecule has 0 bridgehead atoms. The third-order valence-corrected chi connectivity index (χ3v) is 3.20. The molecule has 0 aliphatic heterocycles. The minimum Gasteiger partial charge on any atom is -0.377 e. The van der Waals surface area contributed by atoms with Gasteiger partial charge in [-0.2, -0.15) is 0 Å². The third kappa shape index (κ3) is 3.85. The number of nitrogens with one attached hydrogen (secondary N) is 1. The first-order chi connectivity index (χ1) is 7.20. The Bertz CT molecular complexity index is 183. The van der Waals surface area contributed by atoms with Gasteiger partial charge in [0.25, 0.3) is 0 Å². The maximum atomic E-state index is 5.69. The predicted octanol–water partition coefficient (Wildman–Crippen LogP) is 2.58. The van der Waals surface area contributed by atoms with Crippen LogP contribution < -0.4 is 5.32 Å². The molecule has 0 saturated heterocycles. The van der Waals surface area contributed by atoms with Gasteiger partial charge in [-0.25, -0.2) is 0 Å². The first kappa shape index (κ1) is 14.5. The van der Waals surface area contributed by atoms with Crippen LogP contribution in [0.4, 0.5) is 0 Å². The Labute approximate surface area is 94.8 Å². The molecule has 0 heterocycles. The van der Waals surface area contributed by atoms with Crippen LogP contribution in [0.5, 0.6) is 0 Å². The fourth-order valence-electron chi connectivity index (χ4n) is 2.05. The average molecular weight is 211 g/mol. The van der Waals surface area contributed by atoms with Crippen LogP contribution in [0.15, 0.2) is 0 Å². The second-order valence-corrected chi connectivity index (χ2v) is 3.89. The molecule has 0 radical (unpaired) electrons. The summed E-state index contributed by atoms with van der Waals surface area (Å²) in [5.74, 6) is 2.74. The highest BCUT2D eigenvalue weighted by atomic mass is 16.5. The van der Waals surface area contributed by atoms with Crippen LogP contribution in [-0.4, -0.2) is 25.3 Å². The SMILES string of the molecule is C#CCC(NCCC)C(CC)(CC)OC. The van der Waals surface area contributed by atoms with Gasteiger partial charge in [0.2, 0.25) is 0 Å². The molecule has 15 heavy (non-hydrogen) atoms. The van der Waals surface area contributed by atoms with Crippen LogP contribution in [-0.2, 0) is 4.74 Å². The van der Waals surface area contributed by atoms with Crippen molar-refractivity contribution in [3.63, 3.8) is 0 Å². The van der Waals surface area contributed by atoms with E-state index in [-0.39, 0.29) is 11.6 Å². The lowest BCUT2D eigenvalue weighted by Crippen LogP contribution is -2.51. The first-order valence-corrected chi connectivity index (χ1v) is 5.92. The van der Waals surface area contributed by atoms with Gasteiger partial charge in [-0.3, -0.25) is 0 Å². The maximum absolute atomic E-state index is 5.69. The van der Waals surface area contributed by atoms with Gasteiger partial charge in [-0.05, 0) is 25.8 Å². The molecule has 0 aromatic carbocycles. The zero-order valence-corrected chi connectivity index (χ0v) is 10.6. The molecule has 0 saturated carbocycles. The van der Waals surface area contributed by atoms with Gasteiger partial charge in [0.15, 0.2) is 0 Å². The van der Waals surface area contributed by atoms with Crippen molar-refractivity contribution >= 4 is 0 Å². The molecule has 0 aliphatic carbocycles. The van der Waals surface area contributed by atoms with Crippen molar-refractivity contribution in [3.8, 4) is 12.3 Å². The number of ether oxygens (including phenoxy) is 1. The van der Waals surface area contributed by atoms with E-state index >= 15 is 0 Å². The second kappa shape index (κ2) is 7.73. The van der Waals surface area contributed by atoms with Crippen molar-refractivity contribution in [3.05, 3.63) is 0 Å². The van der Waals surface area contributed by atoms with Gasteiger partial charge in [0.1, 0.15) is 0 Å². The summed E-state index contributed by atoms with van der Waals surface area (Å²) in [6, 6.07) is 0.266. The first-order valence-electron chi connectivity index (χ1n) is 5.92. The smallest absolute Gasteiger partial charge is 0.0835 e. The van der Waals surface area contributed by atoms with Crippen LogP contribution in [0.25, 0.3) is 0 Å². The highest BCUT2D eigenvalue weighted by Gasteiger charge is 2.34. The molecule has 2 nitrogen and oxygen atoms in total. The van der Waals surface area contributed by atoms with Gasteiger partial charge in [-0.1, -0.05) is 20.8 Å². The summed E-state index contributed by atoms with van der Waals surface area (Å²) in [5.41, 5.74) is -0.110. The van der Waals surface area contributed by atoms with Crippen molar-refractivity contribution in [2.45, 2.75) is 58.1 Å². The molecule has 0 fully saturated rings. The monoisotopic (exact) mass is 211 g/mol. The Morgan fingerprint density at radius 3 is 2.27 bits per heavy atom. The van der Waals surface area contributed by atoms with E-state index in [0.29, 0.717) is 0 Å². The molecule has 1 atom stereocenters. The highest BCUT2D eigenvalue weighted by Crippen LogP contribution is 2.25. The molecular formula is C13H25NO. The van der Waals surface area contributed by atoms with Crippen molar-refractivity contribution in [2.75, 3.05) is 13.7 Å². The largest absolute Gasteiger partial charge is 0.377 e. The molecule has 0 spiro atoms. The Morgan fingerprint density at radius 1 is 1.33 bits per heavy atom. The lowest BCUT2D eigenvalue weighted by Gasteiger charge is -2.38. The van der Waals surface area contributed by atoms with E-state index in [1.807, 2.05) is 0 Å².